The van der Waals surface area contributed by atoms with Gasteiger partial charge in [0.2, 0.25) is 0 Å². The Labute approximate surface area is 365 Å². The van der Waals surface area contributed by atoms with Gasteiger partial charge in [-0.15, -0.1) is 0 Å². The van der Waals surface area contributed by atoms with E-state index in [1.54, 1.807) is 0 Å². The van der Waals surface area contributed by atoms with Crippen LogP contribution in [0.25, 0.3) is 93.4 Å². The van der Waals surface area contributed by atoms with E-state index in [1.807, 2.05) is 0 Å². The van der Waals surface area contributed by atoms with E-state index in [0.29, 0.717) is 0 Å². The maximum atomic E-state index is 2.44. The lowest BCUT2D eigenvalue weighted by atomic mass is 9.97. The van der Waals surface area contributed by atoms with Crippen LogP contribution in [0.1, 0.15) is 18.4 Å². The summed E-state index contributed by atoms with van der Waals surface area (Å²) in [5, 5.41) is 7.72. The van der Waals surface area contributed by atoms with Crippen molar-refractivity contribution >= 4 is 82.5 Å². The Balaban J connectivity index is 0.871. The summed E-state index contributed by atoms with van der Waals surface area (Å²) in [7, 11) is 0. The fraction of sp³-hybridized carbons (Fsp3) is 0.0333. The zero-order valence-electron chi connectivity index (χ0n) is 34.6. The van der Waals surface area contributed by atoms with E-state index in [-0.39, 0.29) is 0 Å². The molecule has 0 saturated heterocycles. The number of benzene rings is 9. The highest BCUT2D eigenvalue weighted by molar-refractivity contribution is 6.24. The molecule has 0 saturated carbocycles. The number of nitrogens with zero attached hydrogens (tertiary/aromatic N) is 3. The van der Waals surface area contributed by atoms with Gasteiger partial charge in [0, 0.05) is 55.1 Å². The van der Waals surface area contributed by atoms with E-state index >= 15 is 0 Å². The molecule has 0 fully saturated rings. The second-order valence-corrected chi connectivity index (χ2v) is 16.8. The molecule has 3 nitrogen and oxygen atoms in total. The maximum Gasteiger partial charge on any atom is 0.0620 e. The van der Waals surface area contributed by atoms with Crippen molar-refractivity contribution in [2.24, 2.45) is 0 Å². The summed E-state index contributed by atoms with van der Waals surface area (Å²) in [6.07, 6.45) is 8.84. The lowest BCUT2D eigenvalue weighted by Gasteiger charge is -2.26. The molecule has 3 heteroatoms. The average molecular weight is 804 g/mol. The fourth-order valence-corrected chi connectivity index (χ4v) is 10.3. The third-order valence-corrected chi connectivity index (χ3v) is 13.3. The van der Waals surface area contributed by atoms with Crippen LogP contribution in [-0.4, -0.2) is 8.97 Å². The van der Waals surface area contributed by atoms with E-state index in [4.69, 9.17) is 0 Å². The van der Waals surface area contributed by atoms with Crippen molar-refractivity contribution in [2.45, 2.75) is 12.8 Å². The van der Waals surface area contributed by atoms with Crippen LogP contribution in [0.4, 0.5) is 17.1 Å². The molecular formula is C60H41N3. The summed E-state index contributed by atoms with van der Waals surface area (Å²) in [4.78, 5) is 2.38. The lowest BCUT2D eigenvalue weighted by Crippen LogP contribution is -2.10. The Hall–Kier alpha value is -8.14. The third kappa shape index (κ3) is 5.67. The highest BCUT2D eigenvalue weighted by Gasteiger charge is 2.20. The normalized spacial score (nSPS) is 13.0. The minimum Gasteiger partial charge on any atom is -0.311 e. The summed E-state index contributed by atoms with van der Waals surface area (Å²) in [5.74, 6) is 0. The zero-order chi connectivity index (χ0) is 41.4. The van der Waals surface area contributed by atoms with E-state index in [2.05, 4.69) is 238 Å². The van der Waals surface area contributed by atoms with E-state index in [9.17, 15) is 0 Å². The molecule has 0 aliphatic heterocycles. The molecule has 0 radical (unpaired) electrons. The lowest BCUT2D eigenvalue weighted by molar-refractivity contribution is 1.05. The molecule has 0 spiro atoms. The van der Waals surface area contributed by atoms with Gasteiger partial charge in [-0.1, -0.05) is 140 Å². The van der Waals surface area contributed by atoms with Gasteiger partial charge in [0.05, 0.1) is 27.6 Å². The van der Waals surface area contributed by atoms with Crippen molar-refractivity contribution in [1.29, 1.82) is 0 Å². The number of fused-ring (bicyclic) bond motifs is 9. The summed E-state index contributed by atoms with van der Waals surface area (Å²) in [6.45, 7) is 0. The van der Waals surface area contributed by atoms with Crippen molar-refractivity contribution in [3.8, 4) is 27.9 Å². The molecule has 13 rings (SSSR count). The number of allylic oxidation sites excluding steroid dienone is 4. The minimum atomic E-state index is 1.07. The second kappa shape index (κ2) is 14.2. The molecule has 0 amide bonds. The molecule has 12 aromatic rings. The van der Waals surface area contributed by atoms with Crippen LogP contribution < -0.4 is 4.90 Å². The molecule has 0 unspecified atom stereocenters. The van der Waals surface area contributed by atoms with Crippen LogP contribution >= 0.6 is 0 Å². The number of anilines is 3. The monoisotopic (exact) mass is 803 g/mol. The van der Waals surface area contributed by atoms with Gasteiger partial charge < -0.3 is 13.9 Å². The van der Waals surface area contributed by atoms with Gasteiger partial charge in [0.1, 0.15) is 0 Å². The van der Waals surface area contributed by atoms with Crippen LogP contribution in [0, 0.1) is 0 Å². The molecule has 1 aliphatic carbocycles. The standard InChI is InChI=1S/C60H41N3/c1-2-12-40(13-3-1)41-22-30-46(31-23-41)61(47-32-24-42(25-33-47)43-26-36-49(37-27-43)62-56-18-8-4-14-50(56)51-15-5-9-19-57(51)62)48-34-28-44(29-35-48)45-38-54-52-16-6-10-20-58(52)63-59-21-11-7-17-53(59)55(39-45)60(54)63/h1-2,4-12,14-39H,3,13H2. The topological polar surface area (TPSA) is 12.6 Å². The summed E-state index contributed by atoms with van der Waals surface area (Å²) in [5.41, 5.74) is 18.2. The van der Waals surface area contributed by atoms with E-state index in [1.165, 1.54) is 93.3 Å². The van der Waals surface area contributed by atoms with Gasteiger partial charge in [-0.2, -0.15) is 0 Å². The Morgan fingerprint density at radius 2 is 0.778 bits per heavy atom. The largest absolute Gasteiger partial charge is 0.311 e. The molecule has 3 heterocycles. The first-order valence-corrected chi connectivity index (χ1v) is 22.0. The van der Waals surface area contributed by atoms with Gasteiger partial charge in [0.15, 0.2) is 0 Å². The molecule has 3 aromatic heterocycles. The molecule has 0 atom stereocenters. The molecule has 0 N–H and O–H groups in total. The number of hydrogen-bond acceptors (Lipinski definition) is 1. The highest BCUT2D eigenvalue weighted by Crippen LogP contribution is 2.43. The summed E-state index contributed by atoms with van der Waals surface area (Å²) >= 11 is 0. The van der Waals surface area contributed by atoms with Crippen molar-refractivity contribution in [3.63, 3.8) is 0 Å². The highest BCUT2D eigenvalue weighted by atomic mass is 15.1. The molecule has 63 heavy (non-hydrogen) atoms. The first-order chi connectivity index (χ1) is 31.2. The van der Waals surface area contributed by atoms with Gasteiger partial charge in [0.25, 0.3) is 0 Å². The quantitative estimate of drug-likeness (QED) is 0.156. The molecule has 9 aromatic carbocycles. The number of rotatable bonds is 7. The fourth-order valence-electron chi connectivity index (χ4n) is 10.3. The number of para-hydroxylation sites is 4. The van der Waals surface area contributed by atoms with Crippen LogP contribution in [0.15, 0.2) is 224 Å². The van der Waals surface area contributed by atoms with Crippen LogP contribution in [0.5, 0.6) is 0 Å². The minimum absolute atomic E-state index is 1.07. The number of hydrogen-bond donors (Lipinski definition) is 0. The third-order valence-electron chi connectivity index (χ3n) is 13.3. The maximum absolute atomic E-state index is 2.44. The SMILES string of the molecule is C1=CCCC(c2ccc(N(c3ccc(-c4ccc(-n5c6ccccc6c6ccccc65)cc4)cc3)c3ccc(-c4cc5c6ccccc6n6c7ccccc7c(c4)c56)cc3)cc2)=C1. The molecule has 296 valence electrons. The average Bonchev–Trinajstić information content (AvgIpc) is 4.00. The van der Waals surface area contributed by atoms with Crippen molar-refractivity contribution in [1.82, 2.24) is 8.97 Å². The van der Waals surface area contributed by atoms with Crippen LogP contribution in [0.2, 0.25) is 0 Å². The van der Waals surface area contributed by atoms with E-state index in [0.717, 1.165) is 35.6 Å². The molecular weight excluding hydrogens is 763 g/mol. The van der Waals surface area contributed by atoms with Crippen molar-refractivity contribution in [3.05, 3.63) is 230 Å². The van der Waals surface area contributed by atoms with Crippen LogP contribution in [0.3, 0.4) is 0 Å². The molecule has 0 bridgehead atoms. The molecule has 1 aliphatic rings. The predicted molar refractivity (Wildman–Crippen MR) is 267 cm³/mol. The smallest absolute Gasteiger partial charge is 0.0620 e. The predicted octanol–water partition coefficient (Wildman–Crippen LogP) is 16.5. The van der Waals surface area contributed by atoms with Crippen molar-refractivity contribution < 1.29 is 0 Å². The first-order valence-electron chi connectivity index (χ1n) is 22.0. The Bertz CT molecular complexity index is 3610. The Morgan fingerprint density at radius 1 is 0.365 bits per heavy atom. The van der Waals surface area contributed by atoms with Gasteiger partial charge in [-0.3, -0.25) is 0 Å². The van der Waals surface area contributed by atoms with Gasteiger partial charge in [-0.25, -0.2) is 0 Å². The zero-order valence-corrected chi connectivity index (χ0v) is 34.6. The first kappa shape index (κ1) is 35.6. The van der Waals surface area contributed by atoms with Gasteiger partial charge in [-0.05, 0) is 131 Å². The van der Waals surface area contributed by atoms with Crippen molar-refractivity contribution in [2.75, 3.05) is 4.90 Å². The Morgan fingerprint density at radius 3 is 1.25 bits per heavy atom. The van der Waals surface area contributed by atoms with E-state index < -0.39 is 0 Å². The number of aromatic nitrogens is 2. The summed E-state index contributed by atoms with van der Waals surface area (Å²) in [6, 6.07) is 76.0. The van der Waals surface area contributed by atoms with Gasteiger partial charge >= 0.3 is 0 Å². The van der Waals surface area contributed by atoms with Crippen LogP contribution in [-0.2, 0) is 0 Å². The summed E-state index contributed by atoms with van der Waals surface area (Å²) < 4.78 is 4.82. The Kier molecular flexibility index (Phi) is 8.04. The second-order valence-electron chi connectivity index (χ2n) is 16.8.